The van der Waals surface area contributed by atoms with Crippen molar-refractivity contribution in [3.05, 3.63) is 0 Å². The Morgan fingerprint density at radius 1 is 1.24 bits per heavy atom. The van der Waals surface area contributed by atoms with E-state index in [1.54, 1.807) is 0 Å². The number of nitrogens with one attached hydrogen (secondary N) is 2. The molecule has 4 heteroatoms. The zero-order valence-electron chi connectivity index (χ0n) is 13.4. The molecule has 2 saturated heterocycles. The Morgan fingerprint density at radius 2 is 2.05 bits per heavy atom. The molecule has 3 fully saturated rings. The van der Waals surface area contributed by atoms with E-state index in [4.69, 9.17) is 0 Å². The summed E-state index contributed by atoms with van der Waals surface area (Å²) in [5.41, 5.74) is 0. The SMILES string of the molecule is CCC1C2CNCC2CN1CCC(=O)NC1CCCCC1. The van der Waals surface area contributed by atoms with E-state index in [-0.39, 0.29) is 5.91 Å². The standard InChI is InChI=1S/C17H31N3O/c1-2-16-15-11-18-10-13(15)12-20(16)9-8-17(21)19-14-6-4-3-5-7-14/h13-16,18H,2-12H2,1H3,(H,19,21). The van der Waals surface area contributed by atoms with E-state index < -0.39 is 0 Å². The number of nitrogens with zero attached hydrogens (tertiary/aromatic N) is 1. The lowest BCUT2D eigenvalue weighted by molar-refractivity contribution is -0.122. The highest BCUT2D eigenvalue weighted by Gasteiger charge is 2.42. The van der Waals surface area contributed by atoms with Crippen LogP contribution in [0.5, 0.6) is 0 Å². The Kier molecular flexibility index (Phi) is 5.17. The maximum atomic E-state index is 12.2. The van der Waals surface area contributed by atoms with E-state index in [0.717, 1.165) is 18.4 Å². The first-order valence-electron chi connectivity index (χ1n) is 9.02. The molecule has 1 aliphatic carbocycles. The van der Waals surface area contributed by atoms with Gasteiger partial charge >= 0.3 is 0 Å². The van der Waals surface area contributed by atoms with Gasteiger partial charge in [0.1, 0.15) is 0 Å². The lowest BCUT2D eigenvalue weighted by atomic mass is 9.93. The molecule has 3 unspecified atom stereocenters. The largest absolute Gasteiger partial charge is 0.353 e. The average molecular weight is 293 g/mol. The topological polar surface area (TPSA) is 44.4 Å². The third kappa shape index (κ3) is 3.59. The summed E-state index contributed by atoms with van der Waals surface area (Å²) in [6.07, 6.45) is 8.17. The molecular weight excluding hydrogens is 262 g/mol. The summed E-state index contributed by atoms with van der Waals surface area (Å²) in [6, 6.07) is 1.14. The van der Waals surface area contributed by atoms with Gasteiger partial charge in [0, 0.05) is 31.6 Å². The highest BCUT2D eigenvalue weighted by atomic mass is 16.1. The van der Waals surface area contributed by atoms with Crippen molar-refractivity contribution in [1.29, 1.82) is 0 Å². The van der Waals surface area contributed by atoms with E-state index >= 15 is 0 Å². The second kappa shape index (κ2) is 7.10. The van der Waals surface area contributed by atoms with E-state index in [9.17, 15) is 4.79 Å². The van der Waals surface area contributed by atoms with E-state index in [2.05, 4.69) is 22.5 Å². The molecule has 0 aromatic rings. The maximum Gasteiger partial charge on any atom is 0.221 e. The summed E-state index contributed by atoms with van der Waals surface area (Å²) < 4.78 is 0. The lowest BCUT2D eigenvalue weighted by Crippen LogP contribution is -2.40. The Hall–Kier alpha value is -0.610. The van der Waals surface area contributed by atoms with Crippen molar-refractivity contribution < 1.29 is 4.79 Å². The Balaban J connectivity index is 1.43. The van der Waals surface area contributed by atoms with Crippen molar-refractivity contribution in [2.45, 2.75) is 64.0 Å². The fraction of sp³-hybridized carbons (Fsp3) is 0.941. The normalized spacial score (nSPS) is 34.0. The number of carbonyl (C=O) groups is 1. The smallest absolute Gasteiger partial charge is 0.221 e. The zero-order valence-corrected chi connectivity index (χ0v) is 13.4. The molecule has 0 radical (unpaired) electrons. The maximum absolute atomic E-state index is 12.2. The molecule has 3 aliphatic rings. The summed E-state index contributed by atoms with van der Waals surface area (Å²) >= 11 is 0. The van der Waals surface area contributed by atoms with Crippen LogP contribution in [0.15, 0.2) is 0 Å². The van der Waals surface area contributed by atoms with Gasteiger partial charge in [0.25, 0.3) is 0 Å². The van der Waals surface area contributed by atoms with E-state index in [0.29, 0.717) is 18.5 Å². The van der Waals surface area contributed by atoms with Crippen molar-refractivity contribution in [1.82, 2.24) is 15.5 Å². The van der Waals surface area contributed by atoms with Crippen LogP contribution < -0.4 is 10.6 Å². The van der Waals surface area contributed by atoms with Crippen molar-refractivity contribution >= 4 is 5.91 Å². The molecule has 1 amide bonds. The van der Waals surface area contributed by atoms with Crippen LogP contribution in [-0.4, -0.2) is 49.1 Å². The quantitative estimate of drug-likeness (QED) is 0.812. The molecule has 2 aliphatic heterocycles. The molecule has 0 aromatic heterocycles. The van der Waals surface area contributed by atoms with Gasteiger partial charge in [0.2, 0.25) is 5.91 Å². The van der Waals surface area contributed by atoms with Gasteiger partial charge in [-0.15, -0.1) is 0 Å². The van der Waals surface area contributed by atoms with Crippen molar-refractivity contribution in [2.75, 3.05) is 26.2 Å². The summed E-state index contributed by atoms with van der Waals surface area (Å²) in [5.74, 6) is 1.90. The molecule has 2 N–H and O–H groups in total. The Labute approximate surface area is 129 Å². The van der Waals surface area contributed by atoms with E-state index in [1.807, 2.05) is 0 Å². The second-order valence-electron chi connectivity index (χ2n) is 7.21. The minimum atomic E-state index is 0.270. The number of rotatable bonds is 5. The Morgan fingerprint density at radius 3 is 2.81 bits per heavy atom. The predicted octanol–water partition coefficient (Wildman–Crippen LogP) is 1.76. The van der Waals surface area contributed by atoms with Crippen LogP contribution in [0.25, 0.3) is 0 Å². The van der Waals surface area contributed by atoms with Gasteiger partial charge in [-0.25, -0.2) is 0 Å². The number of carbonyl (C=O) groups excluding carboxylic acids is 1. The highest BCUT2D eigenvalue weighted by Crippen LogP contribution is 2.34. The summed E-state index contributed by atoms with van der Waals surface area (Å²) in [5, 5.41) is 6.77. The van der Waals surface area contributed by atoms with Crippen molar-refractivity contribution in [3.63, 3.8) is 0 Å². The monoisotopic (exact) mass is 293 g/mol. The number of hydrogen-bond donors (Lipinski definition) is 2. The van der Waals surface area contributed by atoms with Crippen molar-refractivity contribution in [2.24, 2.45) is 11.8 Å². The molecule has 3 rings (SSSR count). The van der Waals surface area contributed by atoms with Gasteiger partial charge in [-0.05, 0) is 44.2 Å². The number of hydrogen-bond acceptors (Lipinski definition) is 3. The predicted molar refractivity (Wildman–Crippen MR) is 85.1 cm³/mol. The van der Waals surface area contributed by atoms with Gasteiger partial charge in [-0.3, -0.25) is 9.69 Å². The third-order valence-corrected chi connectivity index (χ3v) is 5.84. The van der Waals surface area contributed by atoms with Gasteiger partial charge in [0.15, 0.2) is 0 Å². The minimum Gasteiger partial charge on any atom is -0.353 e. The van der Waals surface area contributed by atoms with Crippen molar-refractivity contribution in [3.8, 4) is 0 Å². The average Bonchev–Trinajstić information content (AvgIpc) is 3.06. The first-order valence-corrected chi connectivity index (χ1v) is 9.02. The van der Waals surface area contributed by atoms with Gasteiger partial charge in [-0.2, -0.15) is 0 Å². The van der Waals surface area contributed by atoms with E-state index in [1.165, 1.54) is 58.2 Å². The van der Waals surface area contributed by atoms with Gasteiger partial charge < -0.3 is 10.6 Å². The number of likely N-dealkylation sites (tertiary alicyclic amines) is 1. The van der Waals surface area contributed by atoms with Crippen LogP contribution in [0.4, 0.5) is 0 Å². The molecule has 0 bridgehead atoms. The van der Waals surface area contributed by atoms with Gasteiger partial charge in [0.05, 0.1) is 0 Å². The molecular formula is C17H31N3O. The molecule has 2 heterocycles. The highest BCUT2D eigenvalue weighted by molar-refractivity contribution is 5.76. The second-order valence-corrected chi connectivity index (χ2v) is 7.21. The number of fused-ring (bicyclic) bond motifs is 1. The van der Waals surface area contributed by atoms with Crippen LogP contribution in [0.1, 0.15) is 51.9 Å². The summed E-state index contributed by atoms with van der Waals surface area (Å²) in [4.78, 5) is 14.7. The molecule has 0 aromatic carbocycles. The van der Waals surface area contributed by atoms with Crippen LogP contribution in [0.2, 0.25) is 0 Å². The minimum absolute atomic E-state index is 0.270. The Bertz CT molecular complexity index is 354. The first-order chi connectivity index (χ1) is 10.3. The first kappa shape index (κ1) is 15.3. The zero-order chi connectivity index (χ0) is 14.7. The molecule has 120 valence electrons. The third-order valence-electron chi connectivity index (χ3n) is 5.84. The van der Waals surface area contributed by atoms with Crippen LogP contribution >= 0.6 is 0 Å². The molecule has 4 nitrogen and oxygen atoms in total. The lowest BCUT2D eigenvalue weighted by Gasteiger charge is -2.27. The number of amides is 1. The fourth-order valence-corrected chi connectivity index (χ4v) is 4.72. The van der Waals surface area contributed by atoms with Gasteiger partial charge in [-0.1, -0.05) is 26.2 Å². The van der Waals surface area contributed by atoms with Crippen LogP contribution in [0, 0.1) is 11.8 Å². The molecule has 1 saturated carbocycles. The van der Waals surface area contributed by atoms with Crippen LogP contribution in [-0.2, 0) is 4.79 Å². The summed E-state index contributed by atoms with van der Waals surface area (Å²) in [6.45, 7) is 6.78. The van der Waals surface area contributed by atoms with Crippen LogP contribution in [0.3, 0.4) is 0 Å². The molecule has 0 spiro atoms. The fourth-order valence-electron chi connectivity index (χ4n) is 4.72. The summed E-state index contributed by atoms with van der Waals surface area (Å²) in [7, 11) is 0. The molecule has 3 atom stereocenters. The molecule has 21 heavy (non-hydrogen) atoms.